The maximum atomic E-state index is 13.1. The van der Waals surface area contributed by atoms with Crippen molar-refractivity contribution in [3.05, 3.63) is 47.5 Å². The highest BCUT2D eigenvalue weighted by Gasteiger charge is 2.33. The largest absolute Gasteiger partial charge is 0.492 e. The van der Waals surface area contributed by atoms with Crippen molar-refractivity contribution in [3.63, 3.8) is 0 Å². The number of rotatable bonds is 6. The predicted molar refractivity (Wildman–Crippen MR) is 166 cm³/mol. The third-order valence-electron chi connectivity index (χ3n) is 8.60. The van der Waals surface area contributed by atoms with Gasteiger partial charge in [-0.05, 0) is 55.1 Å². The van der Waals surface area contributed by atoms with Crippen molar-refractivity contribution in [2.75, 3.05) is 57.9 Å². The molecule has 3 aromatic rings. The zero-order valence-electron chi connectivity index (χ0n) is 25.7. The lowest BCUT2D eigenvalue weighted by atomic mass is 9.86. The van der Waals surface area contributed by atoms with Crippen LogP contribution in [-0.4, -0.2) is 84.2 Å². The van der Waals surface area contributed by atoms with Crippen LogP contribution in [0, 0.1) is 0 Å². The van der Waals surface area contributed by atoms with Crippen molar-refractivity contribution >= 4 is 34.3 Å². The maximum absolute atomic E-state index is 13.1. The Kier molecular flexibility index (Phi) is 8.39. The van der Waals surface area contributed by atoms with Gasteiger partial charge in [0.25, 0.3) is 0 Å². The number of nitrogens with zero attached hydrogens (tertiary/aromatic N) is 4. The number of aryl methyl sites for hydroxylation is 1. The number of fused-ring (bicyclic) bond motifs is 1. The number of likely N-dealkylation sites (tertiary alicyclic amines) is 1. The van der Waals surface area contributed by atoms with Gasteiger partial charge in [0.1, 0.15) is 0 Å². The molecule has 42 heavy (non-hydrogen) atoms. The van der Waals surface area contributed by atoms with E-state index in [1.54, 1.807) is 0 Å². The van der Waals surface area contributed by atoms with E-state index in [0.29, 0.717) is 23.0 Å². The van der Waals surface area contributed by atoms with Crippen molar-refractivity contribution in [1.29, 1.82) is 0 Å². The van der Waals surface area contributed by atoms with Gasteiger partial charge in [0.15, 0.2) is 5.75 Å². The molecule has 2 aliphatic rings. The summed E-state index contributed by atoms with van der Waals surface area (Å²) in [6.07, 6.45) is 1.42. The lowest BCUT2D eigenvalue weighted by Gasteiger charge is -2.37. The third kappa shape index (κ3) is 6.05. The number of hydrogen-bond acceptors (Lipinski definition) is 7. The molecule has 10 heteroatoms. The Balaban J connectivity index is 1.27. The van der Waals surface area contributed by atoms with Crippen LogP contribution in [0.1, 0.15) is 44.7 Å². The van der Waals surface area contributed by atoms with Crippen molar-refractivity contribution in [3.8, 4) is 11.6 Å². The second-order valence-corrected chi connectivity index (χ2v) is 12.5. The van der Waals surface area contributed by atoms with Crippen molar-refractivity contribution in [1.82, 2.24) is 19.3 Å². The number of nitrogens with two attached hydrogens (primary N) is 1. The number of benzene rings is 2. The van der Waals surface area contributed by atoms with Gasteiger partial charge in [-0.25, -0.2) is 4.79 Å². The molecule has 1 atom stereocenters. The zero-order chi connectivity index (χ0) is 30.2. The molecule has 2 amide bonds. The third-order valence-corrected chi connectivity index (χ3v) is 8.60. The number of likely N-dealkylation sites (N-methyl/N-ethyl adjacent to an activating group) is 1. The van der Waals surface area contributed by atoms with Crippen LogP contribution in [0.5, 0.6) is 11.6 Å². The number of para-hydroxylation sites is 1. The number of hydrogen-bond donors (Lipinski definition) is 2. The van der Waals surface area contributed by atoms with Crippen molar-refractivity contribution in [2.45, 2.75) is 51.6 Å². The van der Waals surface area contributed by atoms with E-state index in [9.17, 15) is 9.59 Å². The number of ether oxygens (including phenoxy) is 2. The van der Waals surface area contributed by atoms with Gasteiger partial charge < -0.3 is 24.7 Å². The van der Waals surface area contributed by atoms with Crippen LogP contribution in [0.25, 0.3) is 10.9 Å². The number of nitrogen functional groups attached to an aromatic ring is 1. The Morgan fingerprint density at radius 3 is 2.43 bits per heavy atom. The number of amides is 2. The van der Waals surface area contributed by atoms with Crippen LogP contribution in [0.15, 0.2) is 36.4 Å². The summed E-state index contributed by atoms with van der Waals surface area (Å²) < 4.78 is 13.2. The van der Waals surface area contributed by atoms with Crippen molar-refractivity contribution < 1.29 is 19.1 Å². The van der Waals surface area contributed by atoms with Crippen LogP contribution >= 0.6 is 0 Å². The Labute approximate surface area is 248 Å². The lowest BCUT2D eigenvalue weighted by molar-refractivity contribution is -0.137. The van der Waals surface area contributed by atoms with E-state index in [2.05, 4.69) is 42.0 Å². The van der Waals surface area contributed by atoms with Gasteiger partial charge in [-0.15, -0.1) is 0 Å². The van der Waals surface area contributed by atoms with Crippen LogP contribution in [-0.2, 0) is 23.8 Å². The van der Waals surface area contributed by atoms with Gasteiger partial charge in [0.05, 0.1) is 30.0 Å². The second-order valence-electron chi connectivity index (χ2n) is 12.5. The summed E-state index contributed by atoms with van der Waals surface area (Å²) in [6, 6.07) is 11.8. The minimum atomic E-state index is -0.625. The Morgan fingerprint density at radius 1 is 1.05 bits per heavy atom. The summed E-state index contributed by atoms with van der Waals surface area (Å²) in [4.78, 5) is 32.7. The minimum Gasteiger partial charge on any atom is -0.492 e. The van der Waals surface area contributed by atoms with Gasteiger partial charge in [-0.1, -0.05) is 39.0 Å². The van der Waals surface area contributed by atoms with E-state index in [-0.39, 0.29) is 17.4 Å². The SMILES string of the molecule is COc1c(N)cc(C(C)(C)C)cc1NC(=O)Oc1cc2cccc(CN3CCN(C(=O)[C@@H]4CCCN4C)CC3)c2n1C. The average Bonchev–Trinajstić information content (AvgIpc) is 3.51. The fourth-order valence-electron chi connectivity index (χ4n) is 6.14. The van der Waals surface area contributed by atoms with E-state index in [4.69, 9.17) is 15.2 Å². The number of methoxy groups -OCH3 is 1. The average molecular weight is 577 g/mol. The molecule has 0 unspecified atom stereocenters. The van der Waals surface area contributed by atoms with E-state index in [1.807, 2.05) is 53.9 Å². The molecular formula is C32H44N6O4. The highest BCUT2D eigenvalue weighted by molar-refractivity contribution is 5.92. The van der Waals surface area contributed by atoms with Gasteiger partial charge in [-0.2, -0.15) is 0 Å². The monoisotopic (exact) mass is 576 g/mol. The number of piperazine rings is 1. The lowest BCUT2D eigenvalue weighted by Crippen LogP contribution is -2.52. The van der Waals surface area contributed by atoms with Crippen LogP contribution in [0.2, 0.25) is 0 Å². The molecule has 10 nitrogen and oxygen atoms in total. The molecule has 5 rings (SSSR count). The van der Waals surface area contributed by atoms with E-state index >= 15 is 0 Å². The molecule has 2 aromatic carbocycles. The summed E-state index contributed by atoms with van der Waals surface area (Å²) >= 11 is 0. The first kappa shape index (κ1) is 29.7. The molecule has 2 aliphatic heterocycles. The molecule has 1 aromatic heterocycles. The Hall–Kier alpha value is -3.76. The van der Waals surface area contributed by atoms with Gasteiger partial charge in [0, 0.05) is 51.2 Å². The van der Waals surface area contributed by atoms with Gasteiger partial charge in [0.2, 0.25) is 11.8 Å². The van der Waals surface area contributed by atoms with Crippen LogP contribution in [0.3, 0.4) is 0 Å². The van der Waals surface area contributed by atoms with Gasteiger partial charge in [-0.3, -0.25) is 19.9 Å². The quantitative estimate of drug-likeness (QED) is 0.419. The molecule has 0 spiro atoms. The Morgan fingerprint density at radius 2 is 1.79 bits per heavy atom. The number of aromatic nitrogens is 1. The Bertz CT molecular complexity index is 1470. The predicted octanol–water partition coefficient (Wildman–Crippen LogP) is 4.42. The maximum Gasteiger partial charge on any atom is 0.418 e. The summed E-state index contributed by atoms with van der Waals surface area (Å²) in [7, 11) is 5.48. The summed E-state index contributed by atoms with van der Waals surface area (Å²) in [6.45, 7) is 11.1. The number of carbonyl (C=O) groups is 2. The minimum absolute atomic E-state index is 0.0326. The van der Waals surface area contributed by atoms with Crippen LogP contribution < -0.4 is 20.5 Å². The smallest absolute Gasteiger partial charge is 0.418 e. The summed E-state index contributed by atoms with van der Waals surface area (Å²) in [5.74, 6) is 1.10. The summed E-state index contributed by atoms with van der Waals surface area (Å²) in [5, 5.41) is 3.82. The molecule has 0 radical (unpaired) electrons. The zero-order valence-corrected chi connectivity index (χ0v) is 25.7. The second kappa shape index (κ2) is 11.9. The normalized spacial score (nSPS) is 18.4. The molecule has 2 fully saturated rings. The highest BCUT2D eigenvalue weighted by atomic mass is 16.6. The molecular weight excluding hydrogens is 532 g/mol. The molecule has 3 N–H and O–H groups in total. The van der Waals surface area contributed by atoms with Crippen LogP contribution in [0.4, 0.5) is 16.2 Å². The molecule has 0 saturated carbocycles. The first-order chi connectivity index (χ1) is 20.0. The fraction of sp³-hybridized carbons (Fsp3) is 0.500. The van der Waals surface area contributed by atoms with E-state index in [1.165, 1.54) is 7.11 Å². The number of carbonyl (C=O) groups excluding carboxylic acids is 2. The van der Waals surface area contributed by atoms with E-state index < -0.39 is 6.09 Å². The summed E-state index contributed by atoms with van der Waals surface area (Å²) in [5.41, 5.74) is 10.1. The first-order valence-electron chi connectivity index (χ1n) is 14.7. The highest BCUT2D eigenvalue weighted by Crippen LogP contribution is 2.37. The van der Waals surface area contributed by atoms with Gasteiger partial charge >= 0.3 is 6.09 Å². The topological polar surface area (TPSA) is 105 Å². The van der Waals surface area contributed by atoms with Crippen molar-refractivity contribution in [2.24, 2.45) is 7.05 Å². The molecule has 0 bridgehead atoms. The number of anilines is 2. The van der Waals surface area contributed by atoms with E-state index in [0.717, 1.165) is 74.1 Å². The molecule has 2 saturated heterocycles. The molecule has 3 heterocycles. The standard InChI is InChI=1S/C32H44N6O4/c1-32(2,3)23-18-24(33)29(41-6)25(19-23)34-31(40)42-27-17-21-9-7-10-22(28(21)36(27)5)20-37-13-15-38(16-14-37)30(39)26-11-8-12-35(26)4/h7,9-10,17-19,26H,8,11-16,20,33H2,1-6H3,(H,34,40)/t26-/m0/s1. The molecule has 226 valence electrons. The number of nitrogens with one attached hydrogen (secondary N) is 1. The first-order valence-corrected chi connectivity index (χ1v) is 14.7. The molecule has 0 aliphatic carbocycles. The fourth-order valence-corrected chi connectivity index (χ4v) is 6.14.